The number of hydrogen-bond acceptors (Lipinski definition) is 6. The number of thioether (sulfide) groups is 1. The van der Waals surface area contributed by atoms with Crippen molar-refractivity contribution in [3.63, 3.8) is 0 Å². The molecule has 0 bridgehead atoms. The number of hydrogen-bond donors (Lipinski definition) is 1. The van der Waals surface area contributed by atoms with Crippen LogP contribution in [-0.2, 0) is 6.54 Å². The smallest absolute Gasteiger partial charge is 0.263 e. The Kier molecular flexibility index (Phi) is 8.62. The quantitative estimate of drug-likeness (QED) is 0.389. The van der Waals surface area contributed by atoms with Crippen LogP contribution in [0, 0.1) is 10.1 Å². The predicted molar refractivity (Wildman–Crippen MR) is 102 cm³/mol. The van der Waals surface area contributed by atoms with Gasteiger partial charge in [0.25, 0.3) is 6.20 Å². The molecular weight excluding hydrogens is 338 g/mol. The van der Waals surface area contributed by atoms with Gasteiger partial charge in [-0.15, -0.1) is 11.8 Å². The third kappa shape index (κ3) is 7.79. The van der Waals surface area contributed by atoms with Crippen LogP contribution in [0.4, 0.5) is 0 Å². The van der Waals surface area contributed by atoms with E-state index in [1.807, 2.05) is 18.4 Å². The molecule has 1 N–H and O–H groups in total. The minimum atomic E-state index is -0.441. The van der Waals surface area contributed by atoms with Gasteiger partial charge in [-0.1, -0.05) is 18.6 Å². The van der Waals surface area contributed by atoms with Crippen molar-refractivity contribution >= 4 is 11.8 Å². The van der Waals surface area contributed by atoms with Gasteiger partial charge in [0, 0.05) is 13.1 Å². The Labute approximate surface area is 153 Å². The van der Waals surface area contributed by atoms with E-state index in [1.165, 1.54) is 49.7 Å². The van der Waals surface area contributed by atoms with E-state index >= 15 is 0 Å². The Morgan fingerprint density at radius 1 is 1.40 bits per heavy atom. The van der Waals surface area contributed by atoms with Crippen molar-refractivity contribution in [3.05, 3.63) is 51.2 Å². The maximum Gasteiger partial charge on any atom is 0.263 e. The second-order valence-electron chi connectivity index (χ2n) is 6.10. The SMILES string of the molecule is CS/C(=C\[N+](=O)[O-])NCCCOc1cccc(CN2CCCCC2)c1. The zero-order valence-electron chi connectivity index (χ0n) is 14.8. The van der Waals surface area contributed by atoms with E-state index in [1.54, 1.807) is 0 Å². The number of nitrogens with zero attached hydrogens (tertiary/aromatic N) is 2. The van der Waals surface area contributed by atoms with Crippen molar-refractivity contribution < 1.29 is 9.66 Å². The lowest BCUT2D eigenvalue weighted by Crippen LogP contribution is -2.29. The summed E-state index contributed by atoms with van der Waals surface area (Å²) in [6.07, 6.45) is 7.54. The highest BCUT2D eigenvalue weighted by molar-refractivity contribution is 8.02. The van der Waals surface area contributed by atoms with Crippen LogP contribution in [0.2, 0.25) is 0 Å². The molecule has 1 saturated heterocycles. The molecule has 0 amide bonds. The number of rotatable bonds is 10. The normalized spacial score (nSPS) is 15.8. The second-order valence-corrected chi connectivity index (χ2v) is 6.94. The first kappa shape index (κ1) is 19.6. The summed E-state index contributed by atoms with van der Waals surface area (Å²) in [5.41, 5.74) is 1.29. The summed E-state index contributed by atoms with van der Waals surface area (Å²) in [6, 6.07) is 8.28. The van der Waals surface area contributed by atoms with Crippen LogP contribution in [0.25, 0.3) is 0 Å². The highest BCUT2D eigenvalue weighted by Crippen LogP contribution is 2.17. The third-order valence-electron chi connectivity index (χ3n) is 4.08. The summed E-state index contributed by atoms with van der Waals surface area (Å²) in [4.78, 5) is 12.5. The minimum Gasteiger partial charge on any atom is -0.494 e. The lowest BCUT2D eigenvalue weighted by molar-refractivity contribution is -0.403. The Balaban J connectivity index is 1.70. The van der Waals surface area contributed by atoms with Gasteiger partial charge in [0.2, 0.25) is 0 Å². The van der Waals surface area contributed by atoms with Gasteiger partial charge in [-0.3, -0.25) is 15.0 Å². The van der Waals surface area contributed by atoms with Gasteiger partial charge in [0.05, 0.1) is 11.5 Å². The summed E-state index contributed by atoms with van der Waals surface area (Å²) in [5, 5.41) is 14.1. The summed E-state index contributed by atoms with van der Waals surface area (Å²) in [5.74, 6) is 0.889. The average molecular weight is 365 g/mol. The molecule has 0 atom stereocenters. The Morgan fingerprint density at radius 3 is 2.92 bits per heavy atom. The van der Waals surface area contributed by atoms with Crippen LogP contribution < -0.4 is 10.1 Å². The lowest BCUT2D eigenvalue weighted by atomic mass is 10.1. The number of nitro groups is 1. The lowest BCUT2D eigenvalue weighted by Gasteiger charge is -2.26. The van der Waals surface area contributed by atoms with Crippen molar-refractivity contribution in [2.45, 2.75) is 32.2 Å². The first-order valence-electron chi connectivity index (χ1n) is 8.74. The van der Waals surface area contributed by atoms with Crippen molar-refractivity contribution in [1.82, 2.24) is 10.2 Å². The molecule has 0 spiro atoms. The van der Waals surface area contributed by atoms with E-state index < -0.39 is 4.92 Å². The maximum absolute atomic E-state index is 10.5. The average Bonchev–Trinajstić information content (AvgIpc) is 2.61. The van der Waals surface area contributed by atoms with E-state index in [0.29, 0.717) is 18.2 Å². The fraction of sp³-hybridized carbons (Fsp3) is 0.556. The molecule has 1 aromatic carbocycles. The van der Waals surface area contributed by atoms with Crippen molar-refractivity contribution in [2.24, 2.45) is 0 Å². The van der Waals surface area contributed by atoms with Crippen LogP contribution in [0.5, 0.6) is 5.75 Å². The predicted octanol–water partition coefficient (Wildman–Crippen LogP) is 3.47. The summed E-state index contributed by atoms with van der Waals surface area (Å²) in [6.45, 7) is 4.59. The van der Waals surface area contributed by atoms with Gasteiger partial charge in [0.1, 0.15) is 10.8 Å². The highest BCUT2D eigenvalue weighted by atomic mass is 32.2. The molecular formula is C18H27N3O3S. The third-order valence-corrected chi connectivity index (χ3v) is 4.77. The number of benzene rings is 1. The molecule has 138 valence electrons. The first-order valence-corrected chi connectivity index (χ1v) is 9.97. The molecule has 6 nitrogen and oxygen atoms in total. The fourth-order valence-electron chi connectivity index (χ4n) is 2.85. The molecule has 0 unspecified atom stereocenters. The van der Waals surface area contributed by atoms with Crippen LogP contribution in [0.3, 0.4) is 0 Å². The molecule has 1 fully saturated rings. The standard InChI is InChI=1S/C18H27N3O3S/c1-25-18(15-21(22)23)19-9-6-12-24-17-8-5-7-16(13-17)14-20-10-3-2-4-11-20/h5,7-8,13,15,19H,2-4,6,9-12,14H2,1H3/b18-15-. The Morgan fingerprint density at radius 2 is 2.20 bits per heavy atom. The molecule has 0 radical (unpaired) electrons. The molecule has 1 aliphatic rings. The van der Waals surface area contributed by atoms with Gasteiger partial charge in [0.15, 0.2) is 0 Å². The molecule has 25 heavy (non-hydrogen) atoms. The molecule has 2 rings (SSSR count). The monoisotopic (exact) mass is 365 g/mol. The van der Waals surface area contributed by atoms with E-state index in [-0.39, 0.29) is 0 Å². The molecule has 1 aromatic rings. The van der Waals surface area contributed by atoms with Crippen molar-refractivity contribution in [1.29, 1.82) is 0 Å². The van der Waals surface area contributed by atoms with Crippen molar-refractivity contribution in [3.8, 4) is 5.75 Å². The van der Waals surface area contributed by atoms with Crippen LogP contribution in [0.1, 0.15) is 31.2 Å². The molecule has 7 heteroatoms. The zero-order valence-corrected chi connectivity index (χ0v) is 15.6. The van der Waals surface area contributed by atoms with Gasteiger partial charge in [-0.05, 0) is 56.3 Å². The van der Waals surface area contributed by atoms with E-state index in [9.17, 15) is 10.1 Å². The molecule has 1 aliphatic heterocycles. The highest BCUT2D eigenvalue weighted by Gasteiger charge is 2.10. The van der Waals surface area contributed by atoms with E-state index in [0.717, 1.165) is 24.9 Å². The molecule has 0 aromatic heterocycles. The van der Waals surface area contributed by atoms with Crippen molar-refractivity contribution in [2.75, 3.05) is 32.5 Å². The number of piperidine rings is 1. The minimum absolute atomic E-state index is 0.441. The Bertz CT molecular complexity index is 574. The van der Waals surface area contributed by atoms with Gasteiger partial charge < -0.3 is 10.1 Å². The number of nitrogens with one attached hydrogen (secondary N) is 1. The van der Waals surface area contributed by atoms with Gasteiger partial charge >= 0.3 is 0 Å². The van der Waals surface area contributed by atoms with Crippen LogP contribution in [-0.4, -0.2) is 42.3 Å². The molecule has 1 heterocycles. The van der Waals surface area contributed by atoms with E-state index in [4.69, 9.17) is 4.74 Å². The molecule has 0 aliphatic carbocycles. The van der Waals surface area contributed by atoms with Crippen LogP contribution in [0.15, 0.2) is 35.5 Å². The Hall–Kier alpha value is -1.73. The van der Waals surface area contributed by atoms with Crippen LogP contribution >= 0.6 is 11.8 Å². The number of likely N-dealkylation sites (tertiary alicyclic amines) is 1. The molecule has 0 saturated carbocycles. The van der Waals surface area contributed by atoms with E-state index in [2.05, 4.69) is 22.3 Å². The maximum atomic E-state index is 10.5. The fourth-order valence-corrected chi connectivity index (χ4v) is 3.29. The summed E-state index contributed by atoms with van der Waals surface area (Å²) < 4.78 is 5.81. The topological polar surface area (TPSA) is 67.6 Å². The van der Waals surface area contributed by atoms with Gasteiger partial charge in [-0.25, -0.2) is 0 Å². The summed E-state index contributed by atoms with van der Waals surface area (Å²) in [7, 11) is 0. The van der Waals surface area contributed by atoms with Gasteiger partial charge in [-0.2, -0.15) is 0 Å². The number of ether oxygens (including phenoxy) is 1. The zero-order chi connectivity index (χ0) is 17.9. The first-order chi connectivity index (χ1) is 12.2. The second kappa shape index (κ2) is 11.0. The largest absolute Gasteiger partial charge is 0.494 e. The summed E-state index contributed by atoms with van der Waals surface area (Å²) >= 11 is 1.33.